The number of carboxylic acids is 1. The lowest BCUT2D eigenvalue weighted by molar-refractivity contribution is -0.00663. The van der Waals surface area contributed by atoms with E-state index >= 15 is 0 Å². The Morgan fingerprint density at radius 1 is 1.38 bits per heavy atom. The molecule has 0 aliphatic heterocycles. The van der Waals surface area contributed by atoms with Crippen LogP contribution in [0.5, 0.6) is 0 Å². The van der Waals surface area contributed by atoms with Gasteiger partial charge in [0.2, 0.25) is 0 Å². The van der Waals surface area contributed by atoms with Gasteiger partial charge in [0.1, 0.15) is 5.82 Å². The Morgan fingerprint density at radius 2 is 2.05 bits per heavy atom. The predicted octanol–water partition coefficient (Wildman–Crippen LogP) is 2.46. The summed E-state index contributed by atoms with van der Waals surface area (Å²) in [5, 5.41) is 13.7. The summed E-state index contributed by atoms with van der Waals surface area (Å²) in [5.41, 5.74) is -0.785. The topological polar surface area (TPSA) is 87.7 Å². The number of benzene rings is 1. The van der Waals surface area contributed by atoms with E-state index in [1.165, 1.54) is 6.07 Å². The highest BCUT2D eigenvalue weighted by Crippen LogP contribution is 2.14. The smallest absolute Gasteiger partial charge is 0.338 e. The fraction of sp³-hybridized carbons (Fsp3) is 0.429. The molecule has 6 nitrogen and oxygen atoms in total. The van der Waals surface area contributed by atoms with Gasteiger partial charge in [0.05, 0.1) is 11.2 Å². The first-order valence-corrected chi connectivity index (χ1v) is 6.47. The van der Waals surface area contributed by atoms with Gasteiger partial charge in [-0.3, -0.25) is 0 Å². The number of aromatic carboxylic acids is 1. The molecule has 0 heterocycles. The van der Waals surface area contributed by atoms with Crippen LogP contribution in [0.2, 0.25) is 0 Å². The molecule has 0 aliphatic rings. The van der Waals surface area contributed by atoms with Crippen LogP contribution in [0.3, 0.4) is 0 Å². The number of carboxylic acid groups (broad SMARTS) is 1. The summed E-state index contributed by atoms with van der Waals surface area (Å²) < 4.78 is 18.9. The van der Waals surface area contributed by atoms with Crippen LogP contribution in [0, 0.1) is 5.82 Å². The average molecular weight is 298 g/mol. The number of rotatable bonds is 6. The average Bonchev–Trinajstić information content (AvgIpc) is 2.36. The number of carbonyl (C=O) groups excluding carboxylic acids is 1. The van der Waals surface area contributed by atoms with Crippen molar-refractivity contribution >= 4 is 17.7 Å². The van der Waals surface area contributed by atoms with Gasteiger partial charge in [0.25, 0.3) is 0 Å². The van der Waals surface area contributed by atoms with Gasteiger partial charge in [-0.2, -0.15) is 0 Å². The van der Waals surface area contributed by atoms with Crippen LogP contribution in [0.25, 0.3) is 0 Å². The van der Waals surface area contributed by atoms with Gasteiger partial charge >= 0.3 is 12.0 Å². The first kappa shape index (κ1) is 16.9. The van der Waals surface area contributed by atoms with Crippen LogP contribution < -0.4 is 10.6 Å². The number of nitrogens with one attached hydrogen (secondary N) is 2. The Balaban J connectivity index is 2.59. The maximum atomic E-state index is 13.5. The summed E-state index contributed by atoms with van der Waals surface area (Å²) in [6.45, 7) is 6.32. The van der Waals surface area contributed by atoms with Gasteiger partial charge in [0, 0.05) is 18.8 Å². The number of hydrogen-bond acceptors (Lipinski definition) is 3. The Morgan fingerprint density at radius 3 is 2.57 bits per heavy atom. The summed E-state index contributed by atoms with van der Waals surface area (Å²) in [6.07, 6.45) is 0. The number of hydrogen-bond donors (Lipinski definition) is 3. The lowest BCUT2D eigenvalue weighted by Gasteiger charge is -2.24. The summed E-state index contributed by atoms with van der Waals surface area (Å²) >= 11 is 0. The molecule has 0 atom stereocenters. The zero-order valence-corrected chi connectivity index (χ0v) is 12.2. The molecule has 1 aromatic carbocycles. The first-order chi connectivity index (χ1) is 9.75. The van der Waals surface area contributed by atoms with Crippen molar-refractivity contribution in [3.63, 3.8) is 0 Å². The monoisotopic (exact) mass is 298 g/mol. The molecule has 0 saturated carbocycles. The normalized spacial score (nSPS) is 11.0. The van der Waals surface area contributed by atoms with E-state index in [1.54, 1.807) is 0 Å². The molecular weight excluding hydrogens is 279 g/mol. The fourth-order valence-electron chi connectivity index (χ4n) is 1.68. The number of halogens is 1. The van der Waals surface area contributed by atoms with Gasteiger partial charge in [-0.05, 0) is 39.0 Å². The molecule has 7 heteroatoms. The molecule has 21 heavy (non-hydrogen) atoms. The third-order valence-electron chi connectivity index (χ3n) is 2.67. The molecule has 0 saturated heterocycles. The van der Waals surface area contributed by atoms with E-state index in [1.807, 2.05) is 20.8 Å². The van der Waals surface area contributed by atoms with Crippen molar-refractivity contribution < 1.29 is 23.8 Å². The van der Waals surface area contributed by atoms with Crippen molar-refractivity contribution in [2.75, 3.05) is 18.5 Å². The summed E-state index contributed by atoms with van der Waals surface area (Å²) in [7, 11) is 0. The van der Waals surface area contributed by atoms with Gasteiger partial charge < -0.3 is 20.5 Å². The molecule has 0 aliphatic carbocycles. The second kappa shape index (κ2) is 7.03. The van der Waals surface area contributed by atoms with Gasteiger partial charge in [0.15, 0.2) is 0 Å². The summed E-state index contributed by atoms with van der Waals surface area (Å²) in [4.78, 5) is 22.4. The second-order valence-corrected chi connectivity index (χ2v) is 5.00. The van der Waals surface area contributed by atoms with E-state index in [-0.39, 0.29) is 12.2 Å². The first-order valence-electron chi connectivity index (χ1n) is 6.47. The van der Waals surface area contributed by atoms with E-state index in [0.717, 1.165) is 12.1 Å². The highest BCUT2D eigenvalue weighted by molar-refractivity contribution is 5.91. The molecule has 116 valence electrons. The van der Waals surface area contributed by atoms with Crippen LogP contribution in [0.1, 0.15) is 31.1 Å². The largest absolute Gasteiger partial charge is 0.478 e. The highest BCUT2D eigenvalue weighted by atomic mass is 19.1. The minimum Gasteiger partial charge on any atom is -0.478 e. The summed E-state index contributed by atoms with van der Waals surface area (Å²) in [6, 6.07) is 2.85. The Hall–Kier alpha value is -2.15. The summed E-state index contributed by atoms with van der Waals surface area (Å²) in [5.74, 6) is -2.27. The van der Waals surface area contributed by atoms with Gasteiger partial charge in [-0.15, -0.1) is 0 Å². The van der Waals surface area contributed by atoms with E-state index in [4.69, 9.17) is 9.84 Å². The van der Waals surface area contributed by atoms with Crippen molar-refractivity contribution in [1.29, 1.82) is 0 Å². The van der Waals surface area contributed by atoms with Crippen molar-refractivity contribution in [2.45, 2.75) is 26.4 Å². The molecule has 1 aromatic rings. The zero-order chi connectivity index (χ0) is 16.0. The van der Waals surface area contributed by atoms with E-state index in [2.05, 4.69) is 10.6 Å². The third-order valence-corrected chi connectivity index (χ3v) is 2.67. The molecule has 3 N–H and O–H groups in total. The van der Waals surface area contributed by atoms with Crippen molar-refractivity contribution in [2.24, 2.45) is 0 Å². The molecule has 0 aromatic heterocycles. The number of carbonyl (C=O) groups is 2. The number of amides is 2. The Bertz CT molecular complexity index is 532. The molecule has 0 fully saturated rings. The lowest BCUT2D eigenvalue weighted by Crippen LogP contribution is -2.42. The zero-order valence-electron chi connectivity index (χ0n) is 12.2. The minimum absolute atomic E-state index is 0.171. The van der Waals surface area contributed by atoms with Crippen molar-refractivity contribution in [1.82, 2.24) is 5.32 Å². The minimum atomic E-state index is -1.36. The highest BCUT2D eigenvalue weighted by Gasteiger charge is 2.18. The molecule has 1 rings (SSSR count). The number of ether oxygens (including phenoxy) is 1. The van der Waals surface area contributed by atoms with Gasteiger partial charge in [-0.1, -0.05) is 0 Å². The van der Waals surface area contributed by atoms with E-state index in [0.29, 0.717) is 6.61 Å². The van der Waals surface area contributed by atoms with E-state index < -0.39 is 29.0 Å². The molecule has 0 radical (unpaired) electrons. The molecule has 2 amide bonds. The maximum absolute atomic E-state index is 13.5. The fourth-order valence-corrected chi connectivity index (χ4v) is 1.68. The molecular formula is C14H19FN2O4. The third kappa shape index (κ3) is 5.39. The standard InChI is InChI=1S/C14H19FN2O4/c1-4-21-14(2,3)8-16-13(20)17-9-5-6-10(12(18)19)11(15)7-9/h5-7H,4,8H2,1-3H3,(H,18,19)(H2,16,17,20). The number of anilines is 1. The van der Waals surface area contributed by atoms with Crippen LogP contribution in [-0.4, -0.2) is 35.9 Å². The molecule has 0 bridgehead atoms. The number of urea groups is 1. The van der Waals surface area contributed by atoms with Crippen molar-refractivity contribution in [3.8, 4) is 0 Å². The van der Waals surface area contributed by atoms with Crippen LogP contribution in [0.15, 0.2) is 18.2 Å². The van der Waals surface area contributed by atoms with Crippen molar-refractivity contribution in [3.05, 3.63) is 29.6 Å². The predicted molar refractivity (Wildman–Crippen MR) is 76.1 cm³/mol. The van der Waals surface area contributed by atoms with Crippen LogP contribution >= 0.6 is 0 Å². The van der Waals surface area contributed by atoms with Gasteiger partial charge in [-0.25, -0.2) is 14.0 Å². The molecule has 0 spiro atoms. The van der Waals surface area contributed by atoms with E-state index in [9.17, 15) is 14.0 Å². The maximum Gasteiger partial charge on any atom is 0.338 e. The molecule has 0 unspecified atom stereocenters. The van der Waals surface area contributed by atoms with Crippen LogP contribution in [0.4, 0.5) is 14.9 Å². The lowest BCUT2D eigenvalue weighted by atomic mass is 10.1. The quantitative estimate of drug-likeness (QED) is 0.753. The Labute approximate surface area is 122 Å². The van der Waals surface area contributed by atoms with Crippen LogP contribution in [-0.2, 0) is 4.74 Å². The second-order valence-electron chi connectivity index (χ2n) is 5.00. The Kier molecular flexibility index (Phi) is 5.66. The SMILES string of the molecule is CCOC(C)(C)CNC(=O)Nc1ccc(C(=O)O)c(F)c1.